The van der Waals surface area contributed by atoms with Crippen LogP contribution in [0.3, 0.4) is 0 Å². The topological polar surface area (TPSA) is 88.4 Å². The molecule has 6 nitrogen and oxygen atoms in total. The molecule has 0 saturated carbocycles. The highest BCUT2D eigenvalue weighted by atomic mass is 35.5. The van der Waals surface area contributed by atoms with Crippen molar-refractivity contribution in [1.82, 2.24) is 0 Å². The molecule has 0 aliphatic heterocycles. The lowest BCUT2D eigenvalue weighted by Crippen LogP contribution is -2.13. The molecule has 1 N–H and O–H groups in total. The summed E-state index contributed by atoms with van der Waals surface area (Å²) >= 11 is 6.06. The quantitative estimate of drug-likeness (QED) is 0.290. The second kappa shape index (κ2) is 10.9. The Labute approximate surface area is 174 Å². The number of halogens is 1. The van der Waals surface area contributed by atoms with E-state index in [1.807, 2.05) is 6.07 Å². The number of nitrogens with zero attached hydrogens (tertiary/aromatic N) is 1. The summed E-state index contributed by atoms with van der Waals surface area (Å²) < 4.78 is 10.4. The molecule has 0 aliphatic rings. The van der Waals surface area contributed by atoms with Gasteiger partial charge in [0.15, 0.2) is 0 Å². The molecular formula is C22H21ClN2O4. The Bertz CT molecular complexity index is 946. The number of nitrogens with one attached hydrogen (secondary N) is 1. The number of anilines is 1. The number of benzene rings is 2. The van der Waals surface area contributed by atoms with Crippen molar-refractivity contribution in [2.45, 2.75) is 19.8 Å². The van der Waals surface area contributed by atoms with Crippen LogP contribution in [-0.4, -0.2) is 25.6 Å². The average molecular weight is 413 g/mol. The van der Waals surface area contributed by atoms with Crippen molar-refractivity contribution in [3.63, 3.8) is 0 Å². The first-order valence-corrected chi connectivity index (χ1v) is 9.40. The number of ether oxygens (including phenoxy) is 2. The number of carbonyl (C=O) groups is 2. The third-order valence-corrected chi connectivity index (χ3v) is 4.19. The summed E-state index contributed by atoms with van der Waals surface area (Å²) in [6, 6.07) is 13.1. The van der Waals surface area contributed by atoms with Crippen LogP contribution in [-0.2, 0) is 9.53 Å². The van der Waals surface area contributed by atoms with E-state index in [4.69, 9.17) is 16.3 Å². The maximum Gasteiger partial charge on any atom is 0.337 e. The summed E-state index contributed by atoms with van der Waals surface area (Å²) in [6.07, 6.45) is 3.31. The Morgan fingerprint density at radius 2 is 1.93 bits per heavy atom. The van der Waals surface area contributed by atoms with Crippen LogP contribution in [0.1, 0.15) is 35.7 Å². The third-order valence-electron chi connectivity index (χ3n) is 3.96. The smallest absolute Gasteiger partial charge is 0.337 e. The van der Waals surface area contributed by atoms with Gasteiger partial charge in [0.05, 0.1) is 19.3 Å². The van der Waals surface area contributed by atoms with Crippen LogP contribution in [0.25, 0.3) is 6.08 Å². The van der Waals surface area contributed by atoms with Crippen molar-refractivity contribution in [2.24, 2.45) is 0 Å². The second-order valence-corrected chi connectivity index (χ2v) is 6.51. The third kappa shape index (κ3) is 6.37. The van der Waals surface area contributed by atoms with Gasteiger partial charge in [-0.15, -0.1) is 0 Å². The van der Waals surface area contributed by atoms with Crippen molar-refractivity contribution in [3.05, 3.63) is 64.2 Å². The zero-order chi connectivity index (χ0) is 21.2. The maximum atomic E-state index is 12.5. The molecule has 0 aliphatic carbocycles. The number of carbonyl (C=O) groups excluding carboxylic acids is 2. The number of methoxy groups -OCH3 is 1. The van der Waals surface area contributed by atoms with E-state index in [1.54, 1.807) is 30.3 Å². The molecule has 0 fully saturated rings. The molecule has 0 heterocycles. The van der Waals surface area contributed by atoms with E-state index in [0.717, 1.165) is 12.8 Å². The van der Waals surface area contributed by atoms with Gasteiger partial charge in [0, 0.05) is 16.3 Å². The number of rotatable bonds is 8. The minimum absolute atomic E-state index is 0.107. The number of hydrogen-bond acceptors (Lipinski definition) is 5. The van der Waals surface area contributed by atoms with Gasteiger partial charge in [0.2, 0.25) is 0 Å². The molecule has 2 aromatic carbocycles. The molecule has 0 aromatic heterocycles. The van der Waals surface area contributed by atoms with Crippen LogP contribution in [0, 0.1) is 11.3 Å². The Morgan fingerprint density at radius 3 is 2.55 bits per heavy atom. The zero-order valence-corrected chi connectivity index (χ0v) is 17.0. The first-order chi connectivity index (χ1) is 14.0. The predicted molar refractivity (Wildman–Crippen MR) is 112 cm³/mol. The highest BCUT2D eigenvalue weighted by Gasteiger charge is 2.13. The maximum absolute atomic E-state index is 12.5. The van der Waals surface area contributed by atoms with Gasteiger partial charge in [-0.05, 0) is 55.0 Å². The lowest BCUT2D eigenvalue weighted by atomic mass is 10.1. The standard InChI is InChI=1S/C22H21ClN2O4/c1-3-4-11-29-20-10-7-18(23)13-16(20)12-17(14-24)21(26)25-19-8-5-15(6-9-19)22(27)28-2/h5-10,12-13H,3-4,11H2,1-2H3,(H,25,26). The Hall–Kier alpha value is -3.30. The number of hydrogen-bond donors (Lipinski definition) is 1. The van der Waals surface area contributed by atoms with Crippen LogP contribution >= 0.6 is 11.6 Å². The van der Waals surface area contributed by atoms with Crippen molar-refractivity contribution < 1.29 is 19.1 Å². The Balaban J connectivity index is 2.21. The molecular weight excluding hydrogens is 392 g/mol. The first-order valence-electron chi connectivity index (χ1n) is 9.02. The average Bonchev–Trinajstić information content (AvgIpc) is 2.73. The van der Waals surface area contributed by atoms with Crippen LogP contribution in [0.15, 0.2) is 48.0 Å². The van der Waals surface area contributed by atoms with Gasteiger partial charge in [0.1, 0.15) is 17.4 Å². The van der Waals surface area contributed by atoms with Crippen molar-refractivity contribution in [1.29, 1.82) is 5.26 Å². The van der Waals surface area contributed by atoms with Crippen LogP contribution in [0.5, 0.6) is 5.75 Å². The predicted octanol–water partition coefficient (Wildman–Crippen LogP) is 4.85. The number of unbranched alkanes of at least 4 members (excludes halogenated alkanes) is 1. The van der Waals surface area contributed by atoms with Crippen molar-refractivity contribution >= 4 is 35.2 Å². The van der Waals surface area contributed by atoms with Crippen LogP contribution in [0.4, 0.5) is 5.69 Å². The Morgan fingerprint density at radius 1 is 1.21 bits per heavy atom. The highest BCUT2D eigenvalue weighted by molar-refractivity contribution is 6.30. The van der Waals surface area contributed by atoms with E-state index in [9.17, 15) is 14.9 Å². The zero-order valence-electron chi connectivity index (χ0n) is 16.2. The molecule has 0 atom stereocenters. The summed E-state index contributed by atoms with van der Waals surface area (Å²) in [5, 5.41) is 12.5. The fourth-order valence-electron chi connectivity index (χ4n) is 2.40. The summed E-state index contributed by atoms with van der Waals surface area (Å²) in [5.41, 5.74) is 1.23. The van der Waals surface area contributed by atoms with Gasteiger partial charge in [-0.25, -0.2) is 4.79 Å². The van der Waals surface area contributed by atoms with E-state index in [1.165, 1.54) is 25.3 Å². The van der Waals surface area contributed by atoms with Gasteiger partial charge in [-0.2, -0.15) is 5.26 Å². The molecule has 0 bridgehead atoms. The summed E-state index contributed by atoms with van der Waals surface area (Å²) in [4.78, 5) is 24.0. The van der Waals surface area contributed by atoms with Crippen LogP contribution < -0.4 is 10.1 Å². The number of esters is 1. The van der Waals surface area contributed by atoms with Gasteiger partial charge >= 0.3 is 5.97 Å². The van der Waals surface area contributed by atoms with E-state index < -0.39 is 11.9 Å². The molecule has 7 heteroatoms. The molecule has 2 aromatic rings. The molecule has 0 radical (unpaired) electrons. The normalized spacial score (nSPS) is 10.8. The monoisotopic (exact) mass is 412 g/mol. The SMILES string of the molecule is CCCCOc1ccc(Cl)cc1C=C(C#N)C(=O)Nc1ccc(C(=O)OC)cc1. The highest BCUT2D eigenvalue weighted by Crippen LogP contribution is 2.26. The summed E-state index contributed by atoms with van der Waals surface area (Å²) in [7, 11) is 1.29. The largest absolute Gasteiger partial charge is 0.493 e. The lowest BCUT2D eigenvalue weighted by molar-refractivity contribution is -0.112. The van der Waals surface area contributed by atoms with Gasteiger partial charge in [0.25, 0.3) is 5.91 Å². The number of nitriles is 1. The van der Waals surface area contributed by atoms with E-state index in [0.29, 0.717) is 34.2 Å². The van der Waals surface area contributed by atoms with Gasteiger partial charge in [-0.1, -0.05) is 24.9 Å². The van der Waals surface area contributed by atoms with Gasteiger partial charge < -0.3 is 14.8 Å². The Kier molecular flexibility index (Phi) is 8.26. The lowest BCUT2D eigenvalue weighted by Gasteiger charge is -2.10. The van der Waals surface area contributed by atoms with Gasteiger partial charge in [-0.3, -0.25) is 4.79 Å². The van der Waals surface area contributed by atoms with E-state index in [-0.39, 0.29) is 5.57 Å². The molecule has 150 valence electrons. The summed E-state index contributed by atoms with van der Waals surface area (Å²) in [5.74, 6) is -0.513. The van der Waals surface area contributed by atoms with Crippen molar-refractivity contribution in [3.8, 4) is 11.8 Å². The van der Waals surface area contributed by atoms with E-state index in [2.05, 4.69) is 17.0 Å². The summed E-state index contributed by atoms with van der Waals surface area (Å²) in [6.45, 7) is 2.58. The van der Waals surface area contributed by atoms with Crippen LogP contribution in [0.2, 0.25) is 5.02 Å². The first kappa shape index (κ1) is 22.0. The second-order valence-electron chi connectivity index (χ2n) is 6.08. The van der Waals surface area contributed by atoms with E-state index >= 15 is 0 Å². The molecule has 0 saturated heterocycles. The fourth-order valence-corrected chi connectivity index (χ4v) is 2.58. The molecule has 1 amide bonds. The minimum atomic E-state index is -0.585. The fraction of sp³-hybridized carbons (Fsp3) is 0.227. The molecule has 29 heavy (non-hydrogen) atoms. The van der Waals surface area contributed by atoms with Crippen molar-refractivity contribution in [2.75, 3.05) is 19.0 Å². The number of amides is 1. The molecule has 0 spiro atoms. The molecule has 0 unspecified atom stereocenters. The molecule has 2 rings (SSSR count). The minimum Gasteiger partial charge on any atom is -0.493 e.